The van der Waals surface area contributed by atoms with Crippen molar-refractivity contribution in [3.63, 3.8) is 0 Å². The van der Waals surface area contributed by atoms with E-state index in [4.69, 9.17) is 0 Å². The standard InChI is InChI=1S/C11H18N2O/c1-4-12-9(3)11(14)10-6-5-8(2)7-13-10/h5-7,9,11-12,14H,4H2,1-3H3. The van der Waals surface area contributed by atoms with Crippen LogP contribution in [0.15, 0.2) is 18.3 Å². The van der Waals surface area contributed by atoms with Gasteiger partial charge < -0.3 is 10.4 Å². The summed E-state index contributed by atoms with van der Waals surface area (Å²) < 4.78 is 0. The number of nitrogens with one attached hydrogen (secondary N) is 1. The highest BCUT2D eigenvalue weighted by Crippen LogP contribution is 2.14. The molecule has 1 rings (SSSR count). The summed E-state index contributed by atoms with van der Waals surface area (Å²) >= 11 is 0. The molecular weight excluding hydrogens is 176 g/mol. The van der Waals surface area contributed by atoms with Gasteiger partial charge in [0.1, 0.15) is 6.10 Å². The smallest absolute Gasteiger partial charge is 0.111 e. The van der Waals surface area contributed by atoms with Gasteiger partial charge in [0, 0.05) is 12.2 Å². The molecule has 2 unspecified atom stereocenters. The molecule has 1 heterocycles. The van der Waals surface area contributed by atoms with Crippen molar-refractivity contribution in [2.24, 2.45) is 0 Å². The summed E-state index contributed by atoms with van der Waals surface area (Å²) in [6.07, 6.45) is 1.24. The third-order valence-electron chi connectivity index (χ3n) is 2.24. The predicted molar refractivity (Wildman–Crippen MR) is 57.1 cm³/mol. The van der Waals surface area contributed by atoms with Crippen LogP contribution in [0.5, 0.6) is 0 Å². The number of aliphatic hydroxyl groups is 1. The summed E-state index contributed by atoms with van der Waals surface area (Å²) in [4.78, 5) is 4.19. The third-order valence-corrected chi connectivity index (χ3v) is 2.24. The van der Waals surface area contributed by atoms with Gasteiger partial charge in [0.05, 0.1) is 5.69 Å². The minimum Gasteiger partial charge on any atom is -0.385 e. The lowest BCUT2D eigenvalue weighted by Crippen LogP contribution is -2.32. The molecule has 0 aliphatic carbocycles. The molecule has 0 saturated heterocycles. The van der Waals surface area contributed by atoms with Crippen molar-refractivity contribution in [1.29, 1.82) is 0 Å². The maximum Gasteiger partial charge on any atom is 0.111 e. The molecule has 78 valence electrons. The number of hydrogen-bond donors (Lipinski definition) is 2. The predicted octanol–water partition coefficient (Wildman–Crippen LogP) is 1.42. The van der Waals surface area contributed by atoms with E-state index in [2.05, 4.69) is 10.3 Å². The number of rotatable bonds is 4. The normalized spacial score (nSPS) is 15.1. The topological polar surface area (TPSA) is 45.1 Å². The van der Waals surface area contributed by atoms with Crippen LogP contribution in [0.2, 0.25) is 0 Å². The van der Waals surface area contributed by atoms with Gasteiger partial charge in [0.25, 0.3) is 0 Å². The van der Waals surface area contributed by atoms with Crippen molar-refractivity contribution < 1.29 is 5.11 Å². The maximum absolute atomic E-state index is 9.89. The van der Waals surface area contributed by atoms with Crippen LogP contribution in [0.1, 0.15) is 31.2 Å². The van der Waals surface area contributed by atoms with Gasteiger partial charge in [-0.3, -0.25) is 4.98 Å². The molecule has 0 spiro atoms. The average molecular weight is 194 g/mol. The van der Waals surface area contributed by atoms with Crippen LogP contribution in [-0.2, 0) is 0 Å². The van der Waals surface area contributed by atoms with Gasteiger partial charge in [-0.05, 0) is 32.0 Å². The van der Waals surface area contributed by atoms with Gasteiger partial charge in [-0.1, -0.05) is 13.0 Å². The van der Waals surface area contributed by atoms with E-state index < -0.39 is 6.10 Å². The number of nitrogens with zero attached hydrogens (tertiary/aromatic N) is 1. The first-order valence-corrected chi connectivity index (χ1v) is 4.99. The van der Waals surface area contributed by atoms with E-state index in [0.29, 0.717) is 0 Å². The summed E-state index contributed by atoms with van der Waals surface area (Å²) in [6.45, 7) is 6.81. The zero-order chi connectivity index (χ0) is 10.6. The number of aliphatic hydroxyl groups excluding tert-OH is 1. The second-order valence-corrected chi connectivity index (χ2v) is 3.55. The van der Waals surface area contributed by atoms with Crippen LogP contribution in [0.3, 0.4) is 0 Å². The van der Waals surface area contributed by atoms with Crippen LogP contribution >= 0.6 is 0 Å². The Hall–Kier alpha value is -0.930. The molecule has 1 aromatic rings. The van der Waals surface area contributed by atoms with Gasteiger partial charge in [-0.25, -0.2) is 0 Å². The van der Waals surface area contributed by atoms with E-state index in [-0.39, 0.29) is 6.04 Å². The number of aromatic nitrogens is 1. The van der Waals surface area contributed by atoms with Gasteiger partial charge in [0.15, 0.2) is 0 Å². The first-order chi connectivity index (χ1) is 6.65. The molecular formula is C11H18N2O. The van der Waals surface area contributed by atoms with Crippen LogP contribution < -0.4 is 5.32 Å². The van der Waals surface area contributed by atoms with E-state index in [1.807, 2.05) is 32.9 Å². The van der Waals surface area contributed by atoms with E-state index in [0.717, 1.165) is 17.8 Å². The fourth-order valence-electron chi connectivity index (χ4n) is 1.34. The summed E-state index contributed by atoms with van der Waals surface area (Å²) in [5.41, 5.74) is 1.83. The highest BCUT2D eigenvalue weighted by Gasteiger charge is 2.15. The first kappa shape index (κ1) is 11.1. The highest BCUT2D eigenvalue weighted by atomic mass is 16.3. The van der Waals surface area contributed by atoms with Crippen LogP contribution in [0, 0.1) is 6.92 Å². The molecule has 0 aromatic carbocycles. The lowest BCUT2D eigenvalue weighted by molar-refractivity contribution is 0.133. The Labute approximate surface area is 85.2 Å². The average Bonchev–Trinajstić information content (AvgIpc) is 2.18. The van der Waals surface area contributed by atoms with Crippen LogP contribution in [0.4, 0.5) is 0 Å². The highest BCUT2D eigenvalue weighted by molar-refractivity contribution is 5.14. The number of likely N-dealkylation sites (N-methyl/N-ethyl adjacent to an activating group) is 1. The van der Waals surface area contributed by atoms with Crippen LogP contribution in [-0.4, -0.2) is 22.7 Å². The minimum absolute atomic E-state index is 0.0372. The second kappa shape index (κ2) is 5.08. The number of aryl methyl sites for hydroxylation is 1. The van der Waals surface area contributed by atoms with E-state index in [1.165, 1.54) is 0 Å². The first-order valence-electron chi connectivity index (χ1n) is 4.99. The van der Waals surface area contributed by atoms with Gasteiger partial charge in [-0.15, -0.1) is 0 Å². The molecule has 0 radical (unpaired) electrons. The van der Waals surface area contributed by atoms with E-state index >= 15 is 0 Å². The fourth-order valence-corrected chi connectivity index (χ4v) is 1.34. The Balaban J connectivity index is 2.68. The molecule has 0 fully saturated rings. The molecule has 0 amide bonds. The van der Waals surface area contributed by atoms with E-state index in [9.17, 15) is 5.11 Å². The van der Waals surface area contributed by atoms with Gasteiger partial charge in [-0.2, -0.15) is 0 Å². The lowest BCUT2D eigenvalue weighted by Gasteiger charge is -2.18. The maximum atomic E-state index is 9.89. The lowest BCUT2D eigenvalue weighted by atomic mass is 10.1. The molecule has 2 N–H and O–H groups in total. The monoisotopic (exact) mass is 194 g/mol. The summed E-state index contributed by atoms with van der Waals surface area (Å²) in [5.74, 6) is 0. The van der Waals surface area contributed by atoms with Crippen molar-refractivity contribution in [1.82, 2.24) is 10.3 Å². The zero-order valence-electron chi connectivity index (χ0n) is 8.99. The molecule has 2 atom stereocenters. The number of hydrogen-bond acceptors (Lipinski definition) is 3. The third kappa shape index (κ3) is 2.79. The SMILES string of the molecule is CCNC(C)C(O)c1ccc(C)cn1. The van der Waals surface area contributed by atoms with Crippen molar-refractivity contribution in [3.05, 3.63) is 29.6 Å². The fraction of sp³-hybridized carbons (Fsp3) is 0.545. The van der Waals surface area contributed by atoms with E-state index in [1.54, 1.807) is 6.20 Å². The molecule has 0 aliphatic heterocycles. The van der Waals surface area contributed by atoms with Crippen molar-refractivity contribution in [3.8, 4) is 0 Å². The Morgan fingerprint density at radius 3 is 2.71 bits per heavy atom. The molecule has 0 bridgehead atoms. The Bertz CT molecular complexity index is 271. The van der Waals surface area contributed by atoms with Gasteiger partial charge in [0.2, 0.25) is 0 Å². The number of pyridine rings is 1. The Kier molecular flexibility index (Phi) is 4.04. The molecule has 3 nitrogen and oxygen atoms in total. The summed E-state index contributed by atoms with van der Waals surface area (Å²) in [7, 11) is 0. The second-order valence-electron chi connectivity index (χ2n) is 3.55. The molecule has 1 aromatic heterocycles. The van der Waals surface area contributed by atoms with Crippen LogP contribution in [0.25, 0.3) is 0 Å². The van der Waals surface area contributed by atoms with Crippen molar-refractivity contribution >= 4 is 0 Å². The van der Waals surface area contributed by atoms with Crippen molar-refractivity contribution in [2.75, 3.05) is 6.54 Å². The zero-order valence-corrected chi connectivity index (χ0v) is 8.99. The summed E-state index contributed by atoms with van der Waals surface area (Å²) in [5, 5.41) is 13.1. The summed E-state index contributed by atoms with van der Waals surface area (Å²) in [6, 6.07) is 3.87. The van der Waals surface area contributed by atoms with Gasteiger partial charge >= 0.3 is 0 Å². The Morgan fingerprint density at radius 2 is 2.21 bits per heavy atom. The molecule has 0 aliphatic rings. The minimum atomic E-state index is -0.532. The Morgan fingerprint density at radius 1 is 1.50 bits per heavy atom. The molecule has 0 saturated carbocycles. The molecule has 3 heteroatoms. The van der Waals surface area contributed by atoms with Crippen molar-refractivity contribution in [2.45, 2.75) is 32.9 Å². The quantitative estimate of drug-likeness (QED) is 0.762. The largest absolute Gasteiger partial charge is 0.385 e. The molecule has 14 heavy (non-hydrogen) atoms.